The zero-order valence-corrected chi connectivity index (χ0v) is 10.2. The molecule has 0 bridgehead atoms. The Labute approximate surface area is 103 Å². The SMILES string of the molecule is C=C(/C=C/c1ccccc1)CCC(=O)OCC. The monoisotopic (exact) mass is 230 g/mol. The predicted octanol–water partition coefficient (Wildman–Crippen LogP) is 3.60. The van der Waals surface area contributed by atoms with E-state index < -0.39 is 0 Å². The molecule has 0 heterocycles. The average molecular weight is 230 g/mol. The molecule has 2 heteroatoms. The van der Waals surface area contributed by atoms with Gasteiger partial charge in [0, 0.05) is 6.42 Å². The lowest BCUT2D eigenvalue weighted by molar-refractivity contribution is -0.143. The van der Waals surface area contributed by atoms with Crippen LogP contribution in [0, 0.1) is 0 Å². The van der Waals surface area contributed by atoms with Crippen molar-refractivity contribution < 1.29 is 9.53 Å². The highest BCUT2D eigenvalue weighted by molar-refractivity contribution is 5.69. The first kappa shape index (κ1) is 13.2. The van der Waals surface area contributed by atoms with Crippen molar-refractivity contribution in [3.63, 3.8) is 0 Å². The second-order valence-corrected chi connectivity index (χ2v) is 3.71. The maximum Gasteiger partial charge on any atom is 0.306 e. The number of hydrogen-bond donors (Lipinski definition) is 0. The molecule has 1 rings (SSSR count). The van der Waals surface area contributed by atoms with Crippen molar-refractivity contribution in [2.24, 2.45) is 0 Å². The van der Waals surface area contributed by atoms with Crippen LogP contribution in [-0.4, -0.2) is 12.6 Å². The summed E-state index contributed by atoms with van der Waals surface area (Å²) in [6, 6.07) is 10.00. The Kier molecular flexibility index (Phi) is 5.80. The summed E-state index contributed by atoms with van der Waals surface area (Å²) in [5, 5.41) is 0. The maximum atomic E-state index is 11.1. The van der Waals surface area contributed by atoms with Crippen LogP contribution in [-0.2, 0) is 9.53 Å². The summed E-state index contributed by atoms with van der Waals surface area (Å²) in [6.45, 7) is 6.15. The molecule has 0 spiro atoms. The molecular formula is C15H18O2. The van der Waals surface area contributed by atoms with Gasteiger partial charge < -0.3 is 4.74 Å². The fourth-order valence-electron chi connectivity index (χ4n) is 1.36. The molecule has 0 aliphatic rings. The van der Waals surface area contributed by atoms with Crippen LogP contribution in [0.15, 0.2) is 48.6 Å². The standard InChI is InChI=1S/C15H18O2/c1-3-17-15(16)12-10-13(2)9-11-14-7-5-4-6-8-14/h4-9,11H,2-3,10,12H2,1H3/b11-9+. The van der Waals surface area contributed by atoms with Gasteiger partial charge in [0.05, 0.1) is 6.61 Å². The van der Waals surface area contributed by atoms with Crippen LogP contribution in [0.4, 0.5) is 0 Å². The minimum atomic E-state index is -0.165. The van der Waals surface area contributed by atoms with Gasteiger partial charge in [0.1, 0.15) is 0 Å². The molecule has 90 valence electrons. The Morgan fingerprint density at radius 2 is 2.00 bits per heavy atom. The molecule has 0 unspecified atom stereocenters. The van der Waals surface area contributed by atoms with E-state index in [0.29, 0.717) is 19.4 Å². The van der Waals surface area contributed by atoms with E-state index in [-0.39, 0.29) is 5.97 Å². The minimum absolute atomic E-state index is 0.165. The number of esters is 1. The van der Waals surface area contributed by atoms with Crippen LogP contribution >= 0.6 is 0 Å². The van der Waals surface area contributed by atoms with Gasteiger partial charge in [-0.15, -0.1) is 0 Å². The Morgan fingerprint density at radius 1 is 1.29 bits per heavy atom. The van der Waals surface area contributed by atoms with Gasteiger partial charge in [-0.25, -0.2) is 0 Å². The lowest BCUT2D eigenvalue weighted by Gasteiger charge is -2.01. The van der Waals surface area contributed by atoms with Crippen LogP contribution in [0.1, 0.15) is 25.3 Å². The number of hydrogen-bond acceptors (Lipinski definition) is 2. The molecule has 0 N–H and O–H groups in total. The smallest absolute Gasteiger partial charge is 0.306 e. The normalized spacial score (nSPS) is 10.4. The third-order valence-electron chi connectivity index (χ3n) is 2.27. The minimum Gasteiger partial charge on any atom is -0.466 e. The summed E-state index contributed by atoms with van der Waals surface area (Å²) in [5.41, 5.74) is 2.06. The lowest BCUT2D eigenvalue weighted by Crippen LogP contribution is -2.03. The third kappa shape index (κ3) is 5.71. The van der Waals surface area contributed by atoms with E-state index in [0.717, 1.165) is 11.1 Å². The number of ether oxygens (including phenoxy) is 1. The molecule has 0 aromatic heterocycles. The molecule has 17 heavy (non-hydrogen) atoms. The van der Waals surface area contributed by atoms with Gasteiger partial charge in [0.25, 0.3) is 0 Å². The summed E-state index contributed by atoms with van der Waals surface area (Å²) in [5.74, 6) is -0.165. The first-order valence-corrected chi connectivity index (χ1v) is 5.79. The summed E-state index contributed by atoms with van der Waals surface area (Å²) in [6.07, 6.45) is 4.97. The van der Waals surface area contributed by atoms with Crippen molar-refractivity contribution in [2.45, 2.75) is 19.8 Å². The molecular weight excluding hydrogens is 212 g/mol. The van der Waals surface area contributed by atoms with E-state index in [1.165, 1.54) is 0 Å². The predicted molar refractivity (Wildman–Crippen MR) is 70.5 cm³/mol. The lowest BCUT2D eigenvalue weighted by atomic mass is 10.1. The highest BCUT2D eigenvalue weighted by Gasteiger charge is 2.01. The van der Waals surface area contributed by atoms with Gasteiger partial charge in [-0.3, -0.25) is 4.79 Å². The number of benzene rings is 1. The molecule has 0 atom stereocenters. The van der Waals surface area contributed by atoms with Crippen LogP contribution < -0.4 is 0 Å². The Balaban J connectivity index is 2.35. The van der Waals surface area contributed by atoms with Crippen molar-refractivity contribution in [2.75, 3.05) is 6.61 Å². The first-order valence-electron chi connectivity index (χ1n) is 5.79. The van der Waals surface area contributed by atoms with Crippen LogP contribution in [0.5, 0.6) is 0 Å². The van der Waals surface area contributed by atoms with E-state index in [9.17, 15) is 4.79 Å². The zero-order chi connectivity index (χ0) is 12.5. The quantitative estimate of drug-likeness (QED) is 0.551. The maximum absolute atomic E-state index is 11.1. The molecule has 2 nitrogen and oxygen atoms in total. The van der Waals surface area contributed by atoms with Crippen molar-refractivity contribution in [1.29, 1.82) is 0 Å². The van der Waals surface area contributed by atoms with Crippen LogP contribution in [0.2, 0.25) is 0 Å². The molecule has 1 aromatic carbocycles. The van der Waals surface area contributed by atoms with E-state index in [4.69, 9.17) is 4.74 Å². The first-order chi connectivity index (χ1) is 8.22. The summed E-state index contributed by atoms with van der Waals surface area (Å²) >= 11 is 0. The molecule has 0 aliphatic carbocycles. The highest BCUT2D eigenvalue weighted by Crippen LogP contribution is 2.09. The number of rotatable bonds is 6. The molecule has 0 saturated heterocycles. The van der Waals surface area contributed by atoms with Crippen LogP contribution in [0.3, 0.4) is 0 Å². The number of carbonyl (C=O) groups excluding carboxylic acids is 1. The second-order valence-electron chi connectivity index (χ2n) is 3.71. The summed E-state index contributed by atoms with van der Waals surface area (Å²) < 4.78 is 4.85. The molecule has 0 radical (unpaired) electrons. The van der Waals surface area contributed by atoms with Gasteiger partial charge in [-0.2, -0.15) is 0 Å². The van der Waals surface area contributed by atoms with Gasteiger partial charge in [0.15, 0.2) is 0 Å². The average Bonchev–Trinajstić information content (AvgIpc) is 2.35. The number of allylic oxidation sites excluding steroid dienone is 2. The Morgan fingerprint density at radius 3 is 2.65 bits per heavy atom. The van der Waals surface area contributed by atoms with E-state index in [1.54, 1.807) is 0 Å². The van der Waals surface area contributed by atoms with Crippen molar-refractivity contribution >= 4 is 12.0 Å². The highest BCUT2D eigenvalue weighted by atomic mass is 16.5. The molecule has 0 fully saturated rings. The number of carbonyl (C=O) groups is 1. The van der Waals surface area contributed by atoms with Gasteiger partial charge in [-0.1, -0.05) is 54.6 Å². The van der Waals surface area contributed by atoms with E-state index >= 15 is 0 Å². The molecule has 1 aromatic rings. The second kappa shape index (κ2) is 7.44. The third-order valence-corrected chi connectivity index (χ3v) is 2.27. The zero-order valence-electron chi connectivity index (χ0n) is 10.2. The fourth-order valence-corrected chi connectivity index (χ4v) is 1.36. The van der Waals surface area contributed by atoms with Gasteiger partial charge >= 0.3 is 5.97 Å². The van der Waals surface area contributed by atoms with Gasteiger partial charge in [-0.05, 0) is 18.9 Å². The van der Waals surface area contributed by atoms with Crippen molar-refractivity contribution in [3.05, 3.63) is 54.1 Å². The van der Waals surface area contributed by atoms with Crippen LogP contribution in [0.25, 0.3) is 6.08 Å². The largest absolute Gasteiger partial charge is 0.466 e. The van der Waals surface area contributed by atoms with E-state index in [1.807, 2.05) is 49.4 Å². The van der Waals surface area contributed by atoms with Crippen molar-refractivity contribution in [1.82, 2.24) is 0 Å². The molecule has 0 aliphatic heterocycles. The molecule has 0 saturated carbocycles. The van der Waals surface area contributed by atoms with Crippen molar-refractivity contribution in [3.8, 4) is 0 Å². The summed E-state index contributed by atoms with van der Waals surface area (Å²) in [4.78, 5) is 11.1. The summed E-state index contributed by atoms with van der Waals surface area (Å²) in [7, 11) is 0. The topological polar surface area (TPSA) is 26.3 Å². The van der Waals surface area contributed by atoms with Gasteiger partial charge in [0.2, 0.25) is 0 Å². The molecule has 0 amide bonds. The Hall–Kier alpha value is -1.83. The fraction of sp³-hybridized carbons (Fsp3) is 0.267. The van der Waals surface area contributed by atoms with E-state index in [2.05, 4.69) is 6.58 Å². The Bertz CT molecular complexity index is 391.